The number of hydrogen-bond donors (Lipinski definition) is 1. The summed E-state index contributed by atoms with van der Waals surface area (Å²) in [4.78, 5) is 14.1. The summed E-state index contributed by atoms with van der Waals surface area (Å²) in [7, 11) is -1.36. The van der Waals surface area contributed by atoms with Gasteiger partial charge in [0.15, 0.2) is 0 Å². The van der Waals surface area contributed by atoms with Crippen LogP contribution in [0.2, 0.25) is 13.1 Å². The van der Waals surface area contributed by atoms with Gasteiger partial charge in [0.1, 0.15) is 17.2 Å². The van der Waals surface area contributed by atoms with Gasteiger partial charge in [-0.2, -0.15) is 0 Å². The lowest BCUT2D eigenvalue weighted by molar-refractivity contribution is 0.202. The van der Waals surface area contributed by atoms with E-state index in [4.69, 9.17) is 9.16 Å². The van der Waals surface area contributed by atoms with Crippen molar-refractivity contribution in [3.05, 3.63) is 47.5 Å². The first-order valence-electron chi connectivity index (χ1n) is 8.77. The number of benzene rings is 2. The zero-order valence-corrected chi connectivity index (χ0v) is 17.0. The molecule has 1 amide bonds. The first-order valence-corrected chi connectivity index (χ1v) is 11.6. The molecule has 3 rings (SSSR count). The van der Waals surface area contributed by atoms with Crippen LogP contribution in [0.4, 0.5) is 10.5 Å². The van der Waals surface area contributed by atoms with Crippen molar-refractivity contribution >= 4 is 20.8 Å². The molecule has 5 nitrogen and oxygen atoms in total. The average Bonchev–Trinajstić information content (AvgIpc) is 2.53. The van der Waals surface area contributed by atoms with Gasteiger partial charge >= 0.3 is 6.09 Å². The van der Waals surface area contributed by atoms with Crippen LogP contribution in [-0.4, -0.2) is 20.2 Å². The summed E-state index contributed by atoms with van der Waals surface area (Å²) in [6.45, 7) is 11.0. The van der Waals surface area contributed by atoms with Gasteiger partial charge in [-0.25, -0.2) is 4.79 Å². The smallest absolute Gasteiger partial charge is 0.420 e. The second-order valence-corrected chi connectivity index (χ2v) is 10.2. The molecule has 0 saturated heterocycles. The highest BCUT2D eigenvalue weighted by molar-refractivity contribution is 6.49. The van der Waals surface area contributed by atoms with Gasteiger partial charge < -0.3 is 14.3 Å². The number of carbonyl (C=O) groups excluding carboxylic acids is 1. The highest BCUT2D eigenvalue weighted by Gasteiger charge is 2.29. The second kappa shape index (κ2) is 6.68. The van der Waals surface area contributed by atoms with Crippen LogP contribution in [0.15, 0.2) is 36.4 Å². The summed E-state index contributed by atoms with van der Waals surface area (Å²) < 4.78 is 11.6. The minimum absolute atomic E-state index is 0.0122. The van der Waals surface area contributed by atoms with Crippen LogP contribution in [0.1, 0.15) is 31.9 Å². The van der Waals surface area contributed by atoms with Crippen LogP contribution in [0.25, 0.3) is 0 Å². The minimum atomic E-state index is -1.36. The number of fused-ring (bicyclic) bond motifs is 1. The Kier molecular flexibility index (Phi) is 4.71. The van der Waals surface area contributed by atoms with Crippen molar-refractivity contribution in [3.8, 4) is 17.2 Å². The zero-order chi connectivity index (χ0) is 19.1. The van der Waals surface area contributed by atoms with Crippen LogP contribution in [0.5, 0.6) is 17.2 Å². The molecule has 0 fully saturated rings. The van der Waals surface area contributed by atoms with Gasteiger partial charge in [0, 0.05) is 11.6 Å². The van der Waals surface area contributed by atoms with Gasteiger partial charge in [-0.1, -0.05) is 26.8 Å². The summed E-state index contributed by atoms with van der Waals surface area (Å²) in [6.07, 6.45) is -0.470. The number of rotatable bonds is 3. The van der Waals surface area contributed by atoms with Crippen LogP contribution >= 0.6 is 0 Å². The number of amides is 1. The van der Waals surface area contributed by atoms with Crippen molar-refractivity contribution < 1.29 is 19.1 Å². The molecule has 138 valence electrons. The van der Waals surface area contributed by atoms with Crippen LogP contribution in [0, 0.1) is 0 Å². The third-order valence-corrected chi connectivity index (χ3v) is 5.00. The number of anilines is 1. The number of phenolic OH excluding ortho intramolecular Hbond substituents is 1. The van der Waals surface area contributed by atoms with E-state index in [0.29, 0.717) is 18.0 Å². The van der Waals surface area contributed by atoms with Crippen molar-refractivity contribution in [3.63, 3.8) is 0 Å². The molecule has 0 saturated carbocycles. The summed E-state index contributed by atoms with van der Waals surface area (Å²) >= 11 is 0. The Morgan fingerprint density at radius 1 is 1.15 bits per heavy atom. The monoisotopic (exact) mass is 371 g/mol. The lowest BCUT2D eigenvalue weighted by Gasteiger charge is -2.31. The molecule has 0 aliphatic carbocycles. The van der Waals surface area contributed by atoms with E-state index in [1.54, 1.807) is 17.0 Å². The fourth-order valence-corrected chi connectivity index (χ4v) is 3.59. The molecule has 0 aromatic heterocycles. The maximum absolute atomic E-state index is 12.6. The van der Waals surface area contributed by atoms with E-state index in [2.05, 4.69) is 33.9 Å². The van der Waals surface area contributed by atoms with E-state index in [0.717, 1.165) is 16.9 Å². The number of phenols is 1. The molecular weight excluding hydrogens is 346 g/mol. The number of carbonyl (C=O) groups is 1. The highest BCUT2D eigenvalue weighted by Crippen LogP contribution is 2.38. The number of ether oxygens (including phenoxy) is 1. The molecule has 0 radical (unpaired) electrons. The third kappa shape index (κ3) is 3.70. The van der Waals surface area contributed by atoms with E-state index < -0.39 is 15.1 Å². The molecule has 2 aromatic carbocycles. The molecule has 6 heteroatoms. The summed E-state index contributed by atoms with van der Waals surface area (Å²) in [5.41, 5.74) is 2.70. The molecule has 1 aliphatic heterocycles. The molecule has 1 aliphatic rings. The number of nitrogens with zero attached hydrogens (tertiary/aromatic N) is 1. The van der Waals surface area contributed by atoms with E-state index in [-0.39, 0.29) is 11.2 Å². The number of aromatic hydroxyl groups is 1. The number of hydrogen-bond acceptors (Lipinski definition) is 4. The maximum Gasteiger partial charge on any atom is 0.420 e. The van der Waals surface area contributed by atoms with E-state index >= 15 is 0 Å². The Labute approximate surface area is 155 Å². The summed E-state index contributed by atoms with van der Waals surface area (Å²) in [5.74, 6) is 1.20. The second-order valence-electron chi connectivity index (χ2n) is 7.85. The largest absolute Gasteiger partial charge is 0.546 e. The Morgan fingerprint density at radius 2 is 1.88 bits per heavy atom. The Balaban J connectivity index is 2.02. The van der Waals surface area contributed by atoms with Crippen molar-refractivity contribution in [2.24, 2.45) is 0 Å². The standard InChI is InChI=1S/C20H25NO4Si/c1-20(2,3)14-7-9-16(18(10-14)25-26(4)5)21-12-13-6-8-15(22)11-17(13)24-19(21)23/h6-11,22,26H,12H2,1-5H3. The van der Waals surface area contributed by atoms with Gasteiger partial charge in [0.25, 0.3) is 0 Å². The van der Waals surface area contributed by atoms with Crippen LogP contribution in [-0.2, 0) is 12.0 Å². The molecule has 0 unspecified atom stereocenters. The molecule has 2 aromatic rings. The van der Waals surface area contributed by atoms with Gasteiger partial charge in [-0.15, -0.1) is 0 Å². The fraction of sp³-hybridized carbons (Fsp3) is 0.350. The average molecular weight is 372 g/mol. The predicted octanol–water partition coefficient (Wildman–Crippen LogP) is 4.57. The molecule has 0 atom stereocenters. The first-order chi connectivity index (χ1) is 12.1. The van der Waals surface area contributed by atoms with Gasteiger partial charge in [-0.05, 0) is 48.3 Å². The molecule has 0 bridgehead atoms. The summed E-state index contributed by atoms with van der Waals surface area (Å²) in [6, 6.07) is 10.8. The lowest BCUT2D eigenvalue weighted by atomic mass is 9.87. The van der Waals surface area contributed by atoms with Gasteiger partial charge in [0.2, 0.25) is 9.04 Å². The normalized spacial score (nSPS) is 14.2. The van der Waals surface area contributed by atoms with Gasteiger partial charge in [-0.3, -0.25) is 4.90 Å². The third-order valence-electron chi connectivity index (χ3n) is 4.28. The molecule has 1 N–H and O–H groups in total. The molecule has 1 heterocycles. The van der Waals surface area contributed by atoms with E-state index in [1.165, 1.54) is 6.07 Å². The first kappa shape index (κ1) is 18.3. The molecule has 0 spiro atoms. The van der Waals surface area contributed by atoms with Crippen LogP contribution < -0.4 is 14.1 Å². The Morgan fingerprint density at radius 3 is 2.54 bits per heavy atom. The van der Waals surface area contributed by atoms with E-state index in [9.17, 15) is 9.90 Å². The topological polar surface area (TPSA) is 59.0 Å². The zero-order valence-electron chi connectivity index (χ0n) is 15.9. The highest BCUT2D eigenvalue weighted by atomic mass is 28.3. The van der Waals surface area contributed by atoms with E-state index in [1.807, 2.05) is 18.2 Å². The van der Waals surface area contributed by atoms with Crippen molar-refractivity contribution in [1.29, 1.82) is 0 Å². The maximum atomic E-state index is 12.6. The molecule has 26 heavy (non-hydrogen) atoms. The minimum Gasteiger partial charge on any atom is -0.546 e. The van der Waals surface area contributed by atoms with Crippen molar-refractivity contribution in [2.45, 2.75) is 45.8 Å². The van der Waals surface area contributed by atoms with Gasteiger partial charge in [0.05, 0.1) is 12.2 Å². The fourth-order valence-electron chi connectivity index (χ4n) is 2.89. The summed E-state index contributed by atoms with van der Waals surface area (Å²) in [5, 5.41) is 9.59. The SMILES string of the molecule is C[SiH](C)Oc1cc(C(C)(C)C)ccc1N1Cc2ccc(O)cc2OC1=O. The van der Waals surface area contributed by atoms with Crippen molar-refractivity contribution in [1.82, 2.24) is 0 Å². The quantitative estimate of drug-likeness (QED) is 0.803. The Hall–Kier alpha value is -2.47. The van der Waals surface area contributed by atoms with Crippen LogP contribution in [0.3, 0.4) is 0 Å². The molecular formula is C20H25NO4Si. The lowest BCUT2D eigenvalue weighted by Crippen LogP contribution is -2.37. The van der Waals surface area contributed by atoms with Crippen molar-refractivity contribution in [2.75, 3.05) is 4.90 Å². The Bertz CT molecular complexity index is 842. The predicted molar refractivity (Wildman–Crippen MR) is 105 cm³/mol.